The van der Waals surface area contributed by atoms with E-state index in [1.54, 1.807) is 14.2 Å². The van der Waals surface area contributed by atoms with Gasteiger partial charge in [0.25, 0.3) is 0 Å². The van der Waals surface area contributed by atoms with Gasteiger partial charge < -0.3 is 15.2 Å². The molecule has 0 amide bonds. The zero-order valence-electron chi connectivity index (χ0n) is 11.4. The first-order chi connectivity index (χ1) is 8.51. The number of carboxylic acids is 1. The van der Waals surface area contributed by atoms with Crippen LogP contribution in [0.4, 0.5) is 0 Å². The Morgan fingerprint density at radius 1 is 1.44 bits per heavy atom. The van der Waals surface area contributed by atoms with Gasteiger partial charge in [0.2, 0.25) is 0 Å². The first-order valence-electron chi connectivity index (χ1n) is 6.06. The van der Waals surface area contributed by atoms with Gasteiger partial charge in [0.05, 0.1) is 13.0 Å². The van der Waals surface area contributed by atoms with Gasteiger partial charge in [-0.3, -0.25) is 4.79 Å². The van der Waals surface area contributed by atoms with Crippen LogP contribution in [-0.4, -0.2) is 31.8 Å². The second-order valence-corrected chi connectivity index (χ2v) is 4.60. The van der Waals surface area contributed by atoms with Crippen molar-refractivity contribution in [2.45, 2.75) is 25.7 Å². The van der Waals surface area contributed by atoms with Gasteiger partial charge in [-0.1, -0.05) is 26.0 Å². The van der Waals surface area contributed by atoms with E-state index in [1.807, 2.05) is 18.2 Å². The van der Waals surface area contributed by atoms with Gasteiger partial charge in [-0.2, -0.15) is 0 Å². The van der Waals surface area contributed by atoms with E-state index in [4.69, 9.17) is 4.74 Å². The average Bonchev–Trinajstić information content (AvgIpc) is 2.34. The Morgan fingerprint density at radius 2 is 2.11 bits per heavy atom. The number of hydrogen-bond acceptors (Lipinski definition) is 3. The van der Waals surface area contributed by atoms with Crippen LogP contribution in [-0.2, 0) is 4.79 Å². The molecule has 100 valence electrons. The molecule has 0 saturated heterocycles. The molecule has 0 saturated carbocycles. The lowest BCUT2D eigenvalue weighted by atomic mass is 9.93. The van der Waals surface area contributed by atoms with Crippen molar-refractivity contribution in [3.05, 3.63) is 29.3 Å². The maximum Gasteiger partial charge on any atom is 0.312 e. The van der Waals surface area contributed by atoms with Crippen LogP contribution >= 0.6 is 0 Å². The van der Waals surface area contributed by atoms with Crippen LogP contribution in [0.2, 0.25) is 0 Å². The number of carbonyl (C=O) groups is 1. The van der Waals surface area contributed by atoms with Crippen molar-refractivity contribution in [1.29, 1.82) is 0 Å². The normalized spacial score (nSPS) is 12.5. The molecular weight excluding hydrogens is 230 g/mol. The Kier molecular flexibility index (Phi) is 5.16. The van der Waals surface area contributed by atoms with Gasteiger partial charge in [-0.25, -0.2) is 0 Å². The number of carboxylic acid groups (broad SMARTS) is 1. The lowest BCUT2D eigenvalue weighted by Crippen LogP contribution is -2.24. The highest BCUT2D eigenvalue weighted by molar-refractivity contribution is 5.76. The van der Waals surface area contributed by atoms with E-state index in [-0.39, 0.29) is 0 Å². The molecule has 1 rings (SSSR count). The SMILES string of the molecule is CNCC(C(=O)O)c1ccc(OC)c(C(C)C)c1. The monoisotopic (exact) mass is 251 g/mol. The van der Waals surface area contributed by atoms with Gasteiger partial charge in [-0.15, -0.1) is 0 Å². The fourth-order valence-electron chi connectivity index (χ4n) is 1.97. The Balaban J connectivity index is 3.16. The fraction of sp³-hybridized carbons (Fsp3) is 0.500. The van der Waals surface area contributed by atoms with E-state index < -0.39 is 11.9 Å². The van der Waals surface area contributed by atoms with Crippen molar-refractivity contribution in [1.82, 2.24) is 5.32 Å². The Bertz CT molecular complexity index is 416. The van der Waals surface area contributed by atoms with Crippen molar-refractivity contribution >= 4 is 5.97 Å². The summed E-state index contributed by atoms with van der Waals surface area (Å²) in [5.74, 6) is -0.242. The largest absolute Gasteiger partial charge is 0.496 e. The molecule has 0 heterocycles. The summed E-state index contributed by atoms with van der Waals surface area (Å²) in [4.78, 5) is 11.3. The van der Waals surface area contributed by atoms with Crippen molar-refractivity contribution in [3.8, 4) is 5.75 Å². The lowest BCUT2D eigenvalue weighted by molar-refractivity contribution is -0.138. The molecule has 0 fully saturated rings. The van der Waals surface area contributed by atoms with E-state index in [0.29, 0.717) is 12.5 Å². The summed E-state index contributed by atoms with van der Waals surface area (Å²) in [7, 11) is 3.38. The molecule has 0 aliphatic rings. The minimum Gasteiger partial charge on any atom is -0.496 e. The maximum absolute atomic E-state index is 11.3. The number of nitrogens with one attached hydrogen (secondary N) is 1. The highest BCUT2D eigenvalue weighted by Crippen LogP contribution is 2.29. The van der Waals surface area contributed by atoms with Gasteiger partial charge >= 0.3 is 5.97 Å². The second kappa shape index (κ2) is 6.40. The van der Waals surface area contributed by atoms with E-state index in [1.165, 1.54) is 0 Å². The molecule has 0 spiro atoms. The number of ether oxygens (including phenoxy) is 1. The molecule has 0 radical (unpaired) electrons. The molecule has 1 aromatic carbocycles. The number of benzene rings is 1. The maximum atomic E-state index is 11.3. The summed E-state index contributed by atoms with van der Waals surface area (Å²) in [5, 5.41) is 12.2. The highest BCUT2D eigenvalue weighted by Gasteiger charge is 2.20. The summed E-state index contributed by atoms with van der Waals surface area (Å²) < 4.78 is 5.30. The zero-order chi connectivity index (χ0) is 13.7. The van der Waals surface area contributed by atoms with Crippen molar-refractivity contribution < 1.29 is 14.6 Å². The number of aliphatic carboxylic acids is 1. The van der Waals surface area contributed by atoms with Crippen LogP contribution in [0.5, 0.6) is 5.75 Å². The second-order valence-electron chi connectivity index (χ2n) is 4.60. The number of likely N-dealkylation sites (N-methyl/N-ethyl adjacent to an activating group) is 1. The Hall–Kier alpha value is -1.55. The van der Waals surface area contributed by atoms with Gasteiger partial charge in [-0.05, 0) is 30.2 Å². The molecule has 0 bridgehead atoms. The molecule has 4 heteroatoms. The molecule has 1 atom stereocenters. The first kappa shape index (κ1) is 14.5. The number of methoxy groups -OCH3 is 1. The van der Waals surface area contributed by atoms with Gasteiger partial charge in [0.1, 0.15) is 5.75 Å². The van der Waals surface area contributed by atoms with Crippen LogP contribution in [0.25, 0.3) is 0 Å². The van der Waals surface area contributed by atoms with Crippen LogP contribution < -0.4 is 10.1 Å². The van der Waals surface area contributed by atoms with E-state index >= 15 is 0 Å². The molecule has 2 N–H and O–H groups in total. The lowest BCUT2D eigenvalue weighted by Gasteiger charge is -2.17. The number of hydrogen-bond donors (Lipinski definition) is 2. The van der Waals surface area contributed by atoms with E-state index in [9.17, 15) is 9.90 Å². The third kappa shape index (κ3) is 3.23. The predicted octanol–water partition coefficient (Wildman–Crippen LogP) is 2.21. The van der Waals surface area contributed by atoms with Crippen molar-refractivity contribution in [2.75, 3.05) is 20.7 Å². The summed E-state index contributed by atoms with van der Waals surface area (Å²) in [5.41, 5.74) is 1.85. The fourth-order valence-corrected chi connectivity index (χ4v) is 1.97. The predicted molar refractivity (Wildman–Crippen MR) is 71.4 cm³/mol. The third-order valence-electron chi connectivity index (χ3n) is 2.98. The molecule has 18 heavy (non-hydrogen) atoms. The summed E-state index contributed by atoms with van der Waals surface area (Å²) in [6, 6.07) is 5.59. The average molecular weight is 251 g/mol. The van der Waals surface area contributed by atoms with Crippen LogP contribution in [0.15, 0.2) is 18.2 Å². The first-order valence-corrected chi connectivity index (χ1v) is 6.06. The molecule has 1 unspecified atom stereocenters. The molecule has 4 nitrogen and oxygen atoms in total. The Morgan fingerprint density at radius 3 is 2.56 bits per heavy atom. The van der Waals surface area contributed by atoms with Crippen LogP contribution in [0, 0.1) is 0 Å². The minimum atomic E-state index is -0.816. The van der Waals surface area contributed by atoms with Crippen molar-refractivity contribution in [3.63, 3.8) is 0 Å². The van der Waals surface area contributed by atoms with Gasteiger partial charge in [0.15, 0.2) is 0 Å². The summed E-state index contributed by atoms with van der Waals surface area (Å²) >= 11 is 0. The zero-order valence-corrected chi connectivity index (χ0v) is 11.4. The standard InChI is InChI=1S/C14H21NO3/c1-9(2)11-7-10(5-6-13(11)18-4)12(8-15-3)14(16)17/h5-7,9,12,15H,8H2,1-4H3,(H,16,17). The van der Waals surface area contributed by atoms with Gasteiger partial charge in [0, 0.05) is 6.54 Å². The van der Waals surface area contributed by atoms with E-state index in [0.717, 1.165) is 16.9 Å². The smallest absolute Gasteiger partial charge is 0.312 e. The molecule has 0 aliphatic carbocycles. The third-order valence-corrected chi connectivity index (χ3v) is 2.98. The summed E-state index contributed by atoms with van der Waals surface area (Å²) in [6.07, 6.45) is 0. The molecule has 0 aromatic heterocycles. The molecule has 1 aromatic rings. The quantitative estimate of drug-likeness (QED) is 0.813. The Labute approximate surface area is 108 Å². The summed E-state index contributed by atoms with van der Waals surface area (Å²) in [6.45, 7) is 4.55. The number of rotatable bonds is 6. The van der Waals surface area contributed by atoms with Crippen LogP contribution in [0.3, 0.4) is 0 Å². The minimum absolute atomic E-state index is 0.295. The molecular formula is C14H21NO3. The molecule has 0 aliphatic heterocycles. The van der Waals surface area contributed by atoms with E-state index in [2.05, 4.69) is 19.2 Å². The highest BCUT2D eigenvalue weighted by atomic mass is 16.5. The van der Waals surface area contributed by atoms with Crippen LogP contribution in [0.1, 0.15) is 36.8 Å². The van der Waals surface area contributed by atoms with Crippen molar-refractivity contribution in [2.24, 2.45) is 0 Å². The topological polar surface area (TPSA) is 58.6 Å².